The summed E-state index contributed by atoms with van der Waals surface area (Å²) in [5, 5.41) is 4.77. The standard InChI is InChI=1S/C45H34N4S2/c1-3-34-35(4-2)43-36-22-21-30(40-18-12-20-42(49-40)44-47-24-26-51-44)27-38(36)45(31-13-7-5-8-14-31,32-15-9-6-10-16-32)39(43)28-37(34)41-19-11-17-33(48-41)29-50-25-23-46/h3-28H,1-2,29,46H2/b25-23-. The molecule has 3 heterocycles. The van der Waals surface area contributed by atoms with E-state index < -0.39 is 5.41 Å². The summed E-state index contributed by atoms with van der Waals surface area (Å²) < 4.78 is 0. The van der Waals surface area contributed by atoms with Gasteiger partial charge in [-0.15, -0.1) is 23.1 Å². The Morgan fingerprint density at radius 2 is 1.39 bits per heavy atom. The van der Waals surface area contributed by atoms with Crippen LogP contribution in [0.3, 0.4) is 0 Å². The van der Waals surface area contributed by atoms with Gasteiger partial charge in [0.05, 0.1) is 28.2 Å². The first-order valence-corrected chi connectivity index (χ1v) is 18.6. The van der Waals surface area contributed by atoms with E-state index in [2.05, 4.69) is 133 Å². The third kappa shape index (κ3) is 5.53. The molecule has 0 radical (unpaired) electrons. The molecule has 0 fully saturated rings. The van der Waals surface area contributed by atoms with E-state index in [9.17, 15) is 0 Å². The minimum absolute atomic E-state index is 0.651. The number of rotatable bonds is 10. The number of hydrogen-bond acceptors (Lipinski definition) is 6. The van der Waals surface area contributed by atoms with E-state index in [1.54, 1.807) is 29.3 Å². The Bertz CT molecular complexity index is 2380. The highest BCUT2D eigenvalue weighted by Gasteiger charge is 2.47. The lowest BCUT2D eigenvalue weighted by Crippen LogP contribution is -2.28. The molecular weight excluding hydrogens is 661 g/mol. The van der Waals surface area contributed by atoms with Crippen molar-refractivity contribution in [3.63, 3.8) is 0 Å². The van der Waals surface area contributed by atoms with Crippen LogP contribution in [0.4, 0.5) is 0 Å². The topological polar surface area (TPSA) is 64.7 Å². The van der Waals surface area contributed by atoms with Gasteiger partial charge >= 0.3 is 0 Å². The van der Waals surface area contributed by atoms with Crippen molar-refractivity contribution >= 4 is 35.3 Å². The number of thioether (sulfide) groups is 1. The Morgan fingerprint density at radius 1 is 0.686 bits per heavy atom. The van der Waals surface area contributed by atoms with Crippen LogP contribution in [0.2, 0.25) is 0 Å². The monoisotopic (exact) mass is 694 g/mol. The number of aromatic nitrogens is 3. The number of nitrogens with two attached hydrogens (primary N) is 1. The number of nitrogens with zero attached hydrogens (tertiary/aromatic N) is 3. The summed E-state index contributed by atoms with van der Waals surface area (Å²) in [5.74, 6) is 0.716. The minimum atomic E-state index is -0.651. The summed E-state index contributed by atoms with van der Waals surface area (Å²) in [5.41, 5.74) is 19.7. The van der Waals surface area contributed by atoms with E-state index >= 15 is 0 Å². The van der Waals surface area contributed by atoms with Gasteiger partial charge in [0.15, 0.2) is 0 Å². The summed E-state index contributed by atoms with van der Waals surface area (Å²) in [7, 11) is 0. The number of pyridine rings is 2. The molecule has 4 aromatic carbocycles. The summed E-state index contributed by atoms with van der Waals surface area (Å²) in [4.78, 5) is 14.8. The van der Waals surface area contributed by atoms with Crippen LogP contribution in [0, 0.1) is 0 Å². The van der Waals surface area contributed by atoms with Gasteiger partial charge < -0.3 is 5.73 Å². The molecule has 246 valence electrons. The molecule has 7 aromatic rings. The second kappa shape index (κ2) is 13.8. The van der Waals surface area contributed by atoms with Crippen molar-refractivity contribution in [3.05, 3.63) is 197 Å². The van der Waals surface area contributed by atoms with Gasteiger partial charge in [-0.3, -0.25) is 4.98 Å². The van der Waals surface area contributed by atoms with Crippen molar-refractivity contribution in [1.82, 2.24) is 15.0 Å². The van der Waals surface area contributed by atoms with Crippen molar-refractivity contribution in [1.29, 1.82) is 0 Å². The molecule has 0 aliphatic heterocycles. The zero-order chi connectivity index (χ0) is 34.8. The van der Waals surface area contributed by atoms with Crippen molar-refractivity contribution in [2.75, 3.05) is 0 Å². The van der Waals surface area contributed by atoms with E-state index in [0.717, 1.165) is 61.2 Å². The maximum Gasteiger partial charge on any atom is 0.141 e. The van der Waals surface area contributed by atoms with Crippen LogP contribution in [0.5, 0.6) is 0 Å². The Hall–Kier alpha value is -5.82. The minimum Gasteiger partial charge on any atom is -0.404 e. The highest BCUT2D eigenvalue weighted by molar-refractivity contribution is 8.01. The fourth-order valence-corrected chi connectivity index (χ4v) is 8.60. The van der Waals surface area contributed by atoms with Crippen LogP contribution < -0.4 is 5.73 Å². The molecule has 0 atom stereocenters. The van der Waals surface area contributed by atoms with E-state index in [-0.39, 0.29) is 0 Å². The fourth-order valence-electron chi connectivity index (χ4n) is 7.45. The maximum atomic E-state index is 5.61. The molecule has 0 unspecified atom stereocenters. The molecular formula is C45H34N4S2. The second-order valence-corrected chi connectivity index (χ2v) is 14.0. The van der Waals surface area contributed by atoms with Gasteiger partial charge in [0.1, 0.15) is 5.01 Å². The summed E-state index contributed by atoms with van der Waals surface area (Å²) in [6.45, 7) is 8.69. The third-order valence-corrected chi connectivity index (χ3v) is 11.1. The van der Waals surface area contributed by atoms with Crippen molar-refractivity contribution in [2.24, 2.45) is 5.73 Å². The molecule has 6 heteroatoms. The number of benzene rings is 4. The summed E-state index contributed by atoms with van der Waals surface area (Å²) in [6.07, 6.45) is 7.31. The molecule has 0 amide bonds. The van der Waals surface area contributed by atoms with E-state index in [4.69, 9.17) is 15.7 Å². The number of thiazole rings is 1. The van der Waals surface area contributed by atoms with Crippen LogP contribution in [-0.4, -0.2) is 15.0 Å². The summed E-state index contributed by atoms with van der Waals surface area (Å²) >= 11 is 3.21. The lowest BCUT2D eigenvalue weighted by Gasteiger charge is -2.34. The first kappa shape index (κ1) is 32.4. The van der Waals surface area contributed by atoms with Crippen molar-refractivity contribution < 1.29 is 0 Å². The normalized spacial score (nSPS) is 12.8. The third-order valence-electron chi connectivity index (χ3n) is 9.51. The molecule has 0 saturated heterocycles. The van der Waals surface area contributed by atoms with Crippen molar-refractivity contribution in [2.45, 2.75) is 11.2 Å². The molecule has 8 rings (SSSR count). The Labute approximate surface area is 306 Å². The van der Waals surface area contributed by atoms with Gasteiger partial charge in [0, 0.05) is 34.7 Å². The lowest BCUT2D eigenvalue weighted by atomic mass is 9.67. The number of fused-ring (bicyclic) bond motifs is 3. The van der Waals surface area contributed by atoms with Gasteiger partial charge in [0.25, 0.3) is 0 Å². The molecule has 3 aromatic heterocycles. The van der Waals surface area contributed by atoms with Crippen LogP contribution in [0.1, 0.15) is 39.1 Å². The molecule has 4 nitrogen and oxygen atoms in total. The molecule has 2 N–H and O–H groups in total. The molecule has 0 saturated carbocycles. The van der Waals surface area contributed by atoms with E-state index in [0.29, 0.717) is 5.75 Å². The number of hydrogen-bond donors (Lipinski definition) is 1. The van der Waals surface area contributed by atoms with Crippen LogP contribution in [-0.2, 0) is 11.2 Å². The maximum absolute atomic E-state index is 5.61. The average Bonchev–Trinajstić information content (AvgIpc) is 3.84. The van der Waals surface area contributed by atoms with Gasteiger partial charge in [-0.2, -0.15) is 0 Å². The SMILES string of the molecule is C=Cc1c(-c2cccc(CS/C=C\N)n2)cc2c(c1C=C)-c1ccc(-c3cccc(-c4nccs4)n3)cc1C2(c1ccccc1)c1ccccc1. The Morgan fingerprint density at radius 3 is 2.08 bits per heavy atom. The molecule has 0 bridgehead atoms. The quantitative estimate of drug-likeness (QED) is 0.154. The highest BCUT2D eigenvalue weighted by Crippen LogP contribution is 2.59. The predicted molar refractivity (Wildman–Crippen MR) is 216 cm³/mol. The van der Waals surface area contributed by atoms with Crippen LogP contribution >= 0.6 is 23.1 Å². The Balaban J connectivity index is 1.44. The van der Waals surface area contributed by atoms with Crippen LogP contribution in [0.25, 0.3) is 56.5 Å². The van der Waals surface area contributed by atoms with Gasteiger partial charge in [0.2, 0.25) is 0 Å². The Kier molecular flexibility index (Phi) is 8.78. The summed E-state index contributed by atoms with van der Waals surface area (Å²) in [6, 6.07) is 43.2. The van der Waals surface area contributed by atoms with Crippen LogP contribution in [0.15, 0.2) is 158 Å². The first-order valence-electron chi connectivity index (χ1n) is 16.7. The molecule has 1 aliphatic rings. The van der Waals surface area contributed by atoms with Gasteiger partial charge in [-0.05, 0) is 86.3 Å². The first-order chi connectivity index (χ1) is 25.2. The average molecular weight is 695 g/mol. The molecule has 0 spiro atoms. The van der Waals surface area contributed by atoms with E-state index in [1.807, 2.05) is 35.2 Å². The van der Waals surface area contributed by atoms with Gasteiger partial charge in [-0.25, -0.2) is 9.97 Å². The largest absolute Gasteiger partial charge is 0.404 e. The fraction of sp³-hybridized carbons (Fsp3) is 0.0444. The lowest BCUT2D eigenvalue weighted by molar-refractivity contribution is 0.768. The van der Waals surface area contributed by atoms with Crippen molar-refractivity contribution in [3.8, 4) is 44.3 Å². The van der Waals surface area contributed by atoms with Gasteiger partial charge in [-0.1, -0.05) is 110 Å². The second-order valence-electron chi connectivity index (χ2n) is 12.2. The molecule has 51 heavy (non-hydrogen) atoms. The van der Waals surface area contributed by atoms with E-state index in [1.165, 1.54) is 22.3 Å². The smallest absolute Gasteiger partial charge is 0.141 e. The predicted octanol–water partition coefficient (Wildman–Crippen LogP) is 11.2. The zero-order valence-electron chi connectivity index (χ0n) is 27.9. The highest BCUT2D eigenvalue weighted by atomic mass is 32.2. The molecule has 1 aliphatic carbocycles. The zero-order valence-corrected chi connectivity index (χ0v) is 29.5.